The number of hydrogen-bond donors (Lipinski definition) is 3. The minimum absolute atomic E-state index is 0.0519. The maximum atomic E-state index is 13.2. The van der Waals surface area contributed by atoms with E-state index in [1.807, 2.05) is 18.2 Å². The van der Waals surface area contributed by atoms with Crippen LogP contribution in [0, 0.1) is 0 Å². The lowest BCUT2D eigenvalue weighted by atomic mass is 10.0. The van der Waals surface area contributed by atoms with Gasteiger partial charge in [0.05, 0.1) is 25.2 Å². The van der Waals surface area contributed by atoms with Crippen LogP contribution in [-0.2, 0) is 14.3 Å². The highest BCUT2D eigenvalue weighted by atomic mass is 16.5. The molecule has 3 N–H and O–H groups in total. The molecule has 0 fully saturated rings. The summed E-state index contributed by atoms with van der Waals surface area (Å²) in [5.74, 6) is -0.520. The summed E-state index contributed by atoms with van der Waals surface area (Å²) in [6.45, 7) is 6.32. The van der Waals surface area contributed by atoms with Crippen molar-refractivity contribution >= 4 is 11.9 Å². The molecule has 6 heteroatoms. The normalized spacial score (nSPS) is 13.8. The van der Waals surface area contributed by atoms with Crippen molar-refractivity contribution in [2.24, 2.45) is 0 Å². The van der Waals surface area contributed by atoms with Crippen LogP contribution in [0.5, 0.6) is 0 Å². The van der Waals surface area contributed by atoms with Crippen LogP contribution in [0.3, 0.4) is 0 Å². The molecule has 3 unspecified atom stereocenters. The number of aliphatic hydroxyl groups excluding tert-OH is 2. The quantitative estimate of drug-likeness (QED) is 0.0321. The highest BCUT2D eigenvalue weighted by Gasteiger charge is 2.24. The van der Waals surface area contributed by atoms with Gasteiger partial charge in [0.15, 0.2) is 0 Å². The lowest BCUT2D eigenvalue weighted by Gasteiger charge is -2.24. The number of rotatable bonds is 48. The van der Waals surface area contributed by atoms with Gasteiger partial charge in [0.25, 0.3) is 0 Å². The standard InChI is InChI=1S/C58H103NO5/c1-4-7-10-13-16-19-22-25-27-28-30-32-35-38-41-44-47-50-56(61)55(53-60)59-57(62)52-54(49-46-43-40-37-34-31-24-21-18-15-12-9-6-3)64-58(63)51-48-45-42-39-36-33-29-26-23-20-17-14-11-8-5-2/h8,11,14,17-18,20-21,23-24,26,29,31,54-56,60-61H,4-7,9-10,12-13,15-16,19,22,25,27-28,30,32-53H2,1-3H3,(H,59,62)/b11-8+,17-14+,21-18+,23-20+,29-26-,31-24+. The number of amides is 1. The first kappa shape index (κ1) is 61.3. The van der Waals surface area contributed by atoms with E-state index in [0.717, 1.165) is 103 Å². The summed E-state index contributed by atoms with van der Waals surface area (Å²) in [5, 5.41) is 23.8. The van der Waals surface area contributed by atoms with Gasteiger partial charge in [-0.1, -0.05) is 248 Å². The van der Waals surface area contributed by atoms with Gasteiger partial charge in [0.2, 0.25) is 5.91 Å². The number of esters is 1. The number of unbranched alkanes of at least 4 members (excludes halogenated alkanes) is 28. The second-order valence-corrected chi connectivity index (χ2v) is 18.4. The van der Waals surface area contributed by atoms with Crippen molar-refractivity contribution in [2.45, 2.75) is 277 Å². The molecule has 0 heterocycles. The third-order valence-corrected chi connectivity index (χ3v) is 12.1. The maximum Gasteiger partial charge on any atom is 0.306 e. The number of carbonyl (C=O) groups is 2. The van der Waals surface area contributed by atoms with E-state index in [1.165, 1.54) is 109 Å². The van der Waals surface area contributed by atoms with Crippen LogP contribution < -0.4 is 5.32 Å². The van der Waals surface area contributed by atoms with Crippen LogP contribution >= 0.6 is 0 Å². The van der Waals surface area contributed by atoms with Crippen molar-refractivity contribution in [3.63, 3.8) is 0 Å². The van der Waals surface area contributed by atoms with Crippen LogP contribution in [-0.4, -0.2) is 46.9 Å². The fourth-order valence-electron chi connectivity index (χ4n) is 8.02. The molecule has 0 aliphatic heterocycles. The molecule has 0 rings (SSSR count). The van der Waals surface area contributed by atoms with E-state index in [1.54, 1.807) is 0 Å². The van der Waals surface area contributed by atoms with Crippen molar-refractivity contribution in [1.82, 2.24) is 5.32 Å². The summed E-state index contributed by atoms with van der Waals surface area (Å²) < 4.78 is 5.92. The fraction of sp³-hybridized carbons (Fsp3) is 0.759. The Bertz CT molecular complexity index is 1190. The SMILES string of the molecule is CC/C=C/C=C/C=C/C=C\CCCCCCCC(=O)OC(CCCCCC/C=C/C=C/CCCCC)CC(=O)NC(CO)C(O)CCCCCCCCCCCCCCCCCCC. The number of carbonyl (C=O) groups excluding carboxylic acids is 2. The van der Waals surface area contributed by atoms with E-state index < -0.39 is 18.2 Å². The topological polar surface area (TPSA) is 95.9 Å². The molecule has 370 valence electrons. The summed E-state index contributed by atoms with van der Waals surface area (Å²) in [7, 11) is 0. The molecule has 0 aliphatic carbocycles. The maximum absolute atomic E-state index is 13.2. The number of ether oxygens (including phenoxy) is 1. The molecule has 0 spiro atoms. The highest BCUT2D eigenvalue weighted by molar-refractivity contribution is 5.77. The number of nitrogens with one attached hydrogen (secondary N) is 1. The van der Waals surface area contributed by atoms with E-state index >= 15 is 0 Å². The van der Waals surface area contributed by atoms with Crippen molar-refractivity contribution in [2.75, 3.05) is 6.61 Å². The third-order valence-electron chi connectivity index (χ3n) is 12.1. The second-order valence-electron chi connectivity index (χ2n) is 18.4. The van der Waals surface area contributed by atoms with Crippen LogP contribution in [0.15, 0.2) is 72.9 Å². The van der Waals surface area contributed by atoms with Gasteiger partial charge in [-0.3, -0.25) is 9.59 Å². The molecular weight excluding hydrogens is 791 g/mol. The first-order chi connectivity index (χ1) is 31.5. The summed E-state index contributed by atoms with van der Waals surface area (Å²) >= 11 is 0. The molecule has 0 saturated heterocycles. The Morgan fingerprint density at radius 2 is 0.844 bits per heavy atom. The Balaban J connectivity index is 4.58. The van der Waals surface area contributed by atoms with Gasteiger partial charge in [-0.05, 0) is 70.6 Å². The second kappa shape index (κ2) is 51.3. The largest absolute Gasteiger partial charge is 0.462 e. The molecule has 0 aromatic rings. The van der Waals surface area contributed by atoms with Gasteiger partial charge in [0.1, 0.15) is 6.10 Å². The average molecular weight is 894 g/mol. The minimum atomic E-state index is -0.801. The van der Waals surface area contributed by atoms with Crippen LogP contribution in [0.4, 0.5) is 0 Å². The number of allylic oxidation sites excluding steroid dienone is 12. The van der Waals surface area contributed by atoms with Crippen molar-refractivity contribution in [1.29, 1.82) is 0 Å². The van der Waals surface area contributed by atoms with Gasteiger partial charge in [0, 0.05) is 6.42 Å². The van der Waals surface area contributed by atoms with E-state index in [9.17, 15) is 19.8 Å². The number of hydrogen-bond acceptors (Lipinski definition) is 5. The van der Waals surface area contributed by atoms with Gasteiger partial charge in [-0.2, -0.15) is 0 Å². The third kappa shape index (κ3) is 45.9. The summed E-state index contributed by atoms with van der Waals surface area (Å²) in [6.07, 6.45) is 65.3. The predicted octanol–water partition coefficient (Wildman–Crippen LogP) is 16.6. The zero-order valence-electron chi connectivity index (χ0n) is 42.1. The Labute approximate surface area is 396 Å². The Hall–Kier alpha value is -2.70. The van der Waals surface area contributed by atoms with Gasteiger partial charge >= 0.3 is 5.97 Å². The van der Waals surface area contributed by atoms with Gasteiger partial charge < -0.3 is 20.3 Å². The van der Waals surface area contributed by atoms with Crippen LogP contribution in [0.2, 0.25) is 0 Å². The molecule has 0 aromatic heterocycles. The first-order valence-corrected chi connectivity index (χ1v) is 27.2. The van der Waals surface area contributed by atoms with E-state index in [-0.39, 0.29) is 24.9 Å². The lowest BCUT2D eigenvalue weighted by Crippen LogP contribution is -2.46. The van der Waals surface area contributed by atoms with Crippen molar-refractivity contribution in [3.8, 4) is 0 Å². The first-order valence-electron chi connectivity index (χ1n) is 27.2. The molecule has 64 heavy (non-hydrogen) atoms. The average Bonchev–Trinajstić information content (AvgIpc) is 3.29. The molecule has 0 aromatic carbocycles. The molecule has 3 atom stereocenters. The van der Waals surface area contributed by atoms with Crippen LogP contribution in [0.1, 0.15) is 258 Å². The molecular formula is C58H103NO5. The molecule has 0 bridgehead atoms. The molecule has 1 amide bonds. The van der Waals surface area contributed by atoms with Gasteiger partial charge in [-0.15, -0.1) is 0 Å². The van der Waals surface area contributed by atoms with E-state index in [4.69, 9.17) is 4.74 Å². The molecule has 0 radical (unpaired) electrons. The summed E-state index contributed by atoms with van der Waals surface area (Å²) in [4.78, 5) is 26.2. The van der Waals surface area contributed by atoms with Gasteiger partial charge in [-0.25, -0.2) is 0 Å². The lowest BCUT2D eigenvalue weighted by molar-refractivity contribution is -0.151. The zero-order valence-corrected chi connectivity index (χ0v) is 42.1. The van der Waals surface area contributed by atoms with E-state index in [2.05, 4.69) is 80.8 Å². The minimum Gasteiger partial charge on any atom is -0.462 e. The monoisotopic (exact) mass is 894 g/mol. The number of aliphatic hydroxyl groups is 2. The zero-order chi connectivity index (χ0) is 46.7. The molecule has 0 aliphatic rings. The van der Waals surface area contributed by atoms with Crippen molar-refractivity contribution < 1.29 is 24.5 Å². The smallest absolute Gasteiger partial charge is 0.306 e. The van der Waals surface area contributed by atoms with E-state index in [0.29, 0.717) is 19.3 Å². The molecule has 6 nitrogen and oxygen atoms in total. The predicted molar refractivity (Wildman–Crippen MR) is 278 cm³/mol. The Kier molecular flexibility index (Phi) is 49.1. The summed E-state index contributed by atoms with van der Waals surface area (Å²) in [6, 6.07) is -0.716. The van der Waals surface area contributed by atoms with Crippen molar-refractivity contribution in [3.05, 3.63) is 72.9 Å². The Morgan fingerprint density at radius 1 is 0.469 bits per heavy atom. The summed E-state index contributed by atoms with van der Waals surface area (Å²) in [5.41, 5.74) is 0. The van der Waals surface area contributed by atoms with Crippen LogP contribution in [0.25, 0.3) is 0 Å². The highest BCUT2D eigenvalue weighted by Crippen LogP contribution is 2.18. The Morgan fingerprint density at radius 3 is 1.33 bits per heavy atom. The molecule has 0 saturated carbocycles. The fourth-order valence-corrected chi connectivity index (χ4v) is 8.02.